The summed E-state index contributed by atoms with van der Waals surface area (Å²) in [5.74, 6) is 0. The van der Waals surface area contributed by atoms with Gasteiger partial charge in [0.2, 0.25) is 0 Å². The molecule has 7 heteroatoms. The lowest BCUT2D eigenvalue weighted by Gasteiger charge is -2.27. The molecule has 1 aliphatic heterocycles. The third-order valence-electron chi connectivity index (χ3n) is 3.10. The van der Waals surface area contributed by atoms with Gasteiger partial charge in [0, 0.05) is 25.2 Å². The van der Waals surface area contributed by atoms with E-state index < -0.39 is 10.2 Å². The molecule has 0 aromatic heterocycles. The van der Waals surface area contributed by atoms with Crippen molar-refractivity contribution in [3.05, 3.63) is 0 Å². The Balaban J connectivity index is 1.91. The Bertz CT molecular complexity index is 327. The number of nitrogens with two attached hydrogens (primary N) is 1. The Kier molecular flexibility index (Phi) is 3.81. The van der Waals surface area contributed by atoms with Crippen LogP contribution in [-0.2, 0) is 14.9 Å². The molecule has 0 amide bonds. The first-order valence-corrected chi connectivity index (χ1v) is 7.12. The van der Waals surface area contributed by atoms with Crippen LogP contribution in [-0.4, -0.2) is 51.1 Å². The Hall–Kier alpha value is -0.210. The molecular weight excluding hydrogens is 230 g/mol. The van der Waals surface area contributed by atoms with Crippen LogP contribution >= 0.6 is 0 Å². The minimum Gasteiger partial charge on any atom is -0.379 e. The van der Waals surface area contributed by atoms with Gasteiger partial charge in [0.05, 0.1) is 13.2 Å². The maximum absolute atomic E-state index is 12.0. The molecule has 1 saturated carbocycles. The summed E-state index contributed by atoms with van der Waals surface area (Å²) in [6.07, 6.45) is 2.48. The largest absolute Gasteiger partial charge is 0.379 e. The van der Waals surface area contributed by atoms with Gasteiger partial charge in [-0.3, -0.25) is 0 Å². The number of ether oxygens (including phenoxy) is 1. The molecule has 16 heavy (non-hydrogen) atoms. The van der Waals surface area contributed by atoms with Gasteiger partial charge in [-0.05, 0) is 19.3 Å². The van der Waals surface area contributed by atoms with Crippen molar-refractivity contribution >= 4 is 10.2 Å². The zero-order valence-electron chi connectivity index (χ0n) is 9.26. The second-order valence-electron chi connectivity index (χ2n) is 4.40. The SMILES string of the molecule is N[C@@H]1CC[C@@H](NS(=O)(=O)N2CCOCC2)C1. The Morgan fingerprint density at radius 1 is 1.25 bits per heavy atom. The van der Waals surface area contributed by atoms with Crippen molar-refractivity contribution in [1.82, 2.24) is 9.03 Å². The zero-order valence-corrected chi connectivity index (χ0v) is 10.1. The molecule has 3 N–H and O–H groups in total. The molecule has 1 saturated heterocycles. The maximum atomic E-state index is 12.0. The van der Waals surface area contributed by atoms with Crippen molar-refractivity contribution < 1.29 is 13.2 Å². The zero-order chi connectivity index (χ0) is 11.6. The molecular formula is C9H19N3O3S. The third kappa shape index (κ3) is 2.92. The van der Waals surface area contributed by atoms with Crippen molar-refractivity contribution in [2.45, 2.75) is 31.3 Å². The van der Waals surface area contributed by atoms with Crippen molar-refractivity contribution in [3.8, 4) is 0 Å². The fraction of sp³-hybridized carbons (Fsp3) is 1.00. The van der Waals surface area contributed by atoms with Gasteiger partial charge in [0.25, 0.3) is 10.2 Å². The molecule has 2 fully saturated rings. The topological polar surface area (TPSA) is 84.7 Å². The van der Waals surface area contributed by atoms with Crippen LogP contribution < -0.4 is 10.5 Å². The lowest BCUT2D eigenvalue weighted by atomic mass is 10.2. The first-order valence-electron chi connectivity index (χ1n) is 5.68. The molecule has 1 aliphatic carbocycles. The molecule has 0 aromatic rings. The van der Waals surface area contributed by atoms with Crippen LogP contribution in [0.3, 0.4) is 0 Å². The molecule has 0 aromatic carbocycles. The van der Waals surface area contributed by atoms with Crippen LogP contribution in [0.25, 0.3) is 0 Å². The minimum atomic E-state index is -3.34. The number of nitrogens with one attached hydrogen (secondary N) is 1. The molecule has 1 heterocycles. The van der Waals surface area contributed by atoms with E-state index in [0.717, 1.165) is 19.3 Å². The fourth-order valence-electron chi connectivity index (χ4n) is 2.20. The summed E-state index contributed by atoms with van der Waals surface area (Å²) in [6, 6.07) is 0.139. The number of nitrogens with zero attached hydrogens (tertiary/aromatic N) is 1. The fourth-order valence-corrected chi connectivity index (χ4v) is 3.61. The second-order valence-corrected chi connectivity index (χ2v) is 6.11. The van der Waals surface area contributed by atoms with Crippen LogP contribution in [0.2, 0.25) is 0 Å². The van der Waals surface area contributed by atoms with E-state index >= 15 is 0 Å². The van der Waals surface area contributed by atoms with Crippen LogP contribution in [0.5, 0.6) is 0 Å². The smallest absolute Gasteiger partial charge is 0.279 e. The minimum absolute atomic E-state index is 0.00263. The predicted molar refractivity (Wildman–Crippen MR) is 60.1 cm³/mol. The number of rotatable bonds is 3. The Morgan fingerprint density at radius 2 is 1.94 bits per heavy atom. The van der Waals surface area contributed by atoms with Crippen molar-refractivity contribution in [2.24, 2.45) is 5.73 Å². The quantitative estimate of drug-likeness (QED) is 0.674. The summed E-state index contributed by atoms with van der Waals surface area (Å²) >= 11 is 0. The number of hydrogen-bond donors (Lipinski definition) is 2. The number of hydrogen-bond acceptors (Lipinski definition) is 4. The third-order valence-corrected chi connectivity index (χ3v) is 4.77. The summed E-state index contributed by atoms with van der Waals surface area (Å²) in [5.41, 5.74) is 5.75. The molecule has 2 rings (SSSR count). The highest BCUT2D eigenvalue weighted by atomic mass is 32.2. The predicted octanol–water partition coefficient (Wildman–Crippen LogP) is -0.967. The average molecular weight is 249 g/mol. The van der Waals surface area contributed by atoms with Gasteiger partial charge in [-0.1, -0.05) is 0 Å². The summed E-state index contributed by atoms with van der Waals surface area (Å²) in [7, 11) is -3.34. The lowest BCUT2D eigenvalue weighted by molar-refractivity contribution is 0.0723. The Labute approximate surface area is 96.3 Å². The van der Waals surface area contributed by atoms with Gasteiger partial charge in [0.15, 0.2) is 0 Å². The molecule has 2 aliphatic rings. The van der Waals surface area contributed by atoms with E-state index in [-0.39, 0.29) is 12.1 Å². The summed E-state index contributed by atoms with van der Waals surface area (Å²) in [6.45, 7) is 1.83. The molecule has 2 atom stereocenters. The Morgan fingerprint density at radius 3 is 2.50 bits per heavy atom. The highest BCUT2D eigenvalue weighted by molar-refractivity contribution is 7.87. The molecule has 0 unspecified atom stereocenters. The molecule has 94 valence electrons. The van der Waals surface area contributed by atoms with Crippen LogP contribution in [0.15, 0.2) is 0 Å². The number of morpholine rings is 1. The highest BCUT2D eigenvalue weighted by Crippen LogP contribution is 2.18. The van der Waals surface area contributed by atoms with Gasteiger partial charge in [-0.25, -0.2) is 0 Å². The van der Waals surface area contributed by atoms with Crippen LogP contribution in [0, 0.1) is 0 Å². The first-order chi connectivity index (χ1) is 7.58. The molecule has 6 nitrogen and oxygen atoms in total. The van der Waals surface area contributed by atoms with Gasteiger partial charge >= 0.3 is 0 Å². The van der Waals surface area contributed by atoms with Gasteiger partial charge < -0.3 is 10.5 Å². The van der Waals surface area contributed by atoms with E-state index in [4.69, 9.17) is 10.5 Å². The van der Waals surface area contributed by atoms with Gasteiger partial charge in [-0.15, -0.1) is 0 Å². The maximum Gasteiger partial charge on any atom is 0.279 e. The normalized spacial score (nSPS) is 33.1. The average Bonchev–Trinajstić information content (AvgIpc) is 2.64. The van der Waals surface area contributed by atoms with Crippen molar-refractivity contribution in [1.29, 1.82) is 0 Å². The van der Waals surface area contributed by atoms with Crippen molar-refractivity contribution in [2.75, 3.05) is 26.3 Å². The summed E-state index contributed by atoms with van der Waals surface area (Å²) < 4.78 is 33.2. The molecule has 0 spiro atoms. The van der Waals surface area contributed by atoms with E-state index in [1.807, 2.05) is 0 Å². The molecule has 0 bridgehead atoms. The summed E-state index contributed by atoms with van der Waals surface area (Å²) in [4.78, 5) is 0. The monoisotopic (exact) mass is 249 g/mol. The molecule has 0 radical (unpaired) electrons. The van der Waals surface area contributed by atoms with Gasteiger partial charge in [0.1, 0.15) is 0 Å². The second kappa shape index (κ2) is 4.97. The standard InChI is InChI=1S/C9H19N3O3S/c10-8-1-2-9(7-8)11-16(13,14)12-3-5-15-6-4-12/h8-9,11H,1-7,10H2/t8-,9-/m1/s1. The van der Waals surface area contributed by atoms with Crippen molar-refractivity contribution in [3.63, 3.8) is 0 Å². The first kappa shape index (κ1) is 12.3. The lowest BCUT2D eigenvalue weighted by Crippen LogP contribution is -2.49. The van der Waals surface area contributed by atoms with Crippen LogP contribution in [0.1, 0.15) is 19.3 Å². The van der Waals surface area contributed by atoms with E-state index in [1.54, 1.807) is 0 Å². The van der Waals surface area contributed by atoms with Gasteiger partial charge in [-0.2, -0.15) is 17.4 Å². The highest BCUT2D eigenvalue weighted by Gasteiger charge is 2.30. The van der Waals surface area contributed by atoms with E-state index in [2.05, 4.69) is 4.72 Å². The van der Waals surface area contributed by atoms with Crippen LogP contribution in [0.4, 0.5) is 0 Å². The summed E-state index contributed by atoms with van der Waals surface area (Å²) in [5, 5.41) is 0. The van der Waals surface area contributed by atoms with E-state index in [0.29, 0.717) is 26.3 Å². The van der Waals surface area contributed by atoms with E-state index in [9.17, 15) is 8.42 Å². The van der Waals surface area contributed by atoms with E-state index in [1.165, 1.54) is 4.31 Å².